The molecule has 0 atom stereocenters. The van der Waals surface area contributed by atoms with E-state index < -0.39 is 23.1 Å². The maximum absolute atomic E-state index is 13.3. The smallest absolute Gasteiger partial charge is 0.416 e. The predicted molar refractivity (Wildman–Crippen MR) is 108 cm³/mol. The van der Waals surface area contributed by atoms with Crippen LogP contribution in [0, 0.1) is 6.92 Å². The maximum Gasteiger partial charge on any atom is 0.416 e. The molecule has 3 aromatic carbocycles. The van der Waals surface area contributed by atoms with Gasteiger partial charge in [-0.15, -0.1) is 0 Å². The lowest BCUT2D eigenvalue weighted by Crippen LogP contribution is -2.18. The van der Waals surface area contributed by atoms with Crippen LogP contribution in [0.25, 0.3) is 22.1 Å². The molecule has 0 spiro atoms. The van der Waals surface area contributed by atoms with Crippen LogP contribution in [0.2, 0.25) is 0 Å². The Kier molecular flexibility index (Phi) is 4.78. The Bertz CT molecular complexity index is 1320. The molecule has 0 saturated heterocycles. The quantitative estimate of drug-likeness (QED) is 0.308. The summed E-state index contributed by atoms with van der Waals surface area (Å²) in [6, 6.07) is 18.0. The van der Waals surface area contributed by atoms with Crippen molar-refractivity contribution in [1.29, 1.82) is 0 Å². The summed E-state index contributed by atoms with van der Waals surface area (Å²) < 4.78 is 45.3. The number of fused-ring (bicyclic) bond motifs is 1. The Hall–Kier alpha value is -3.67. The fraction of sp³-hybridized carbons (Fsp3) is 0.0833. The van der Waals surface area contributed by atoms with Gasteiger partial charge in [0.1, 0.15) is 11.1 Å². The summed E-state index contributed by atoms with van der Waals surface area (Å²) in [4.78, 5) is 26.2. The van der Waals surface area contributed by atoms with Crippen molar-refractivity contribution < 1.29 is 22.4 Å². The summed E-state index contributed by atoms with van der Waals surface area (Å²) in [6.45, 7) is 1.72. The molecule has 0 saturated carbocycles. The number of carbonyl (C=O) groups excluding carboxylic acids is 1. The van der Waals surface area contributed by atoms with Crippen LogP contribution in [-0.2, 0) is 6.18 Å². The number of carbonyl (C=O) groups is 1. The summed E-state index contributed by atoms with van der Waals surface area (Å²) in [5, 5.41) is 0.0487. The van der Waals surface area contributed by atoms with E-state index in [0.29, 0.717) is 11.1 Å². The SMILES string of the molecule is Cc1ccccc1C(=O)c1c(-c2ccccc2)c2cc(C(F)(F)F)ccc2oc1=O. The molecule has 0 aliphatic rings. The van der Waals surface area contributed by atoms with Gasteiger partial charge in [0.2, 0.25) is 5.78 Å². The van der Waals surface area contributed by atoms with Crippen LogP contribution in [0.15, 0.2) is 82.0 Å². The van der Waals surface area contributed by atoms with E-state index in [4.69, 9.17) is 4.42 Å². The van der Waals surface area contributed by atoms with Gasteiger partial charge in [-0.3, -0.25) is 4.79 Å². The lowest BCUT2D eigenvalue weighted by Gasteiger charge is -2.14. The molecule has 0 aliphatic heterocycles. The fourth-order valence-corrected chi connectivity index (χ4v) is 3.45. The van der Waals surface area contributed by atoms with Crippen LogP contribution < -0.4 is 5.63 Å². The molecular weight excluding hydrogens is 393 g/mol. The van der Waals surface area contributed by atoms with Gasteiger partial charge in [-0.25, -0.2) is 4.79 Å². The lowest BCUT2D eigenvalue weighted by molar-refractivity contribution is -0.137. The Labute approximate surface area is 169 Å². The highest BCUT2D eigenvalue weighted by Gasteiger charge is 2.32. The first-order chi connectivity index (χ1) is 14.3. The molecule has 0 bridgehead atoms. The van der Waals surface area contributed by atoms with Crippen molar-refractivity contribution >= 4 is 16.8 Å². The first-order valence-corrected chi connectivity index (χ1v) is 9.11. The first-order valence-electron chi connectivity index (χ1n) is 9.11. The van der Waals surface area contributed by atoms with Crippen LogP contribution in [0.4, 0.5) is 13.2 Å². The molecular formula is C24H15F3O3. The fourth-order valence-electron chi connectivity index (χ4n) is 3.45. The van der Waals surface area contributed by atoms with E-state index in [2.05, 4.69) is 0 Å². The van der Waals surface area contributed by atoms with Crippen LogP contribution in [0.1, 0.15) is 27.0 Å². The molecule has 30 heavy (non-hydrogen) atoms. The van der Waals surface area contributed by atoms with E-state index in [0.717, 1.165) is 18.2 Å². The normalized spacial score (nSPS) is 11.6. The van der Waals surface area contributed by atoms with E-state index in [-0.39, 0.29) is 27.7 Å². The average molecular weight is 408 g/mol. The van der Waals surface area contributed by atoms with Crippen LogP contribution in [-0.4, -0.2) is 5.78 Å². The van der Waals surface area contributed by atoms with Gasteiger partial charge >= 0.3 is 11.8 Å². The highest BCUT2D eigenvalue weighted by atomic mass is 19.4. The Morgan fingerprint density at radius 2 is 1.57 bits per heavy atom. The minimum absolute atomic E-state index is 0.0202. The Morgan fingerprint density at radius 3 is 2.23 bits per heavy atom. The molecule has 1 heterocycles. The van der Waals surface area contributed by atoms with Crippen LogP contribution >= 0.6 is 0 Å². The number of ketones is 1. The molecule has 0 N–H and O–H groups in total. The van der Waals surface area contributed by atoms with Crippen molar-refractivity contribution in [1.82, 2.24) is 0 Å². The molecule has 150 valence electrons. The molecule has 4 aromatic rings. The highest BCUT2D eigenvalue weighted by molar-refractivity contribution is 6.16. The maximum atomic E-state index is 13.3. The molecule has 1 aromatic heterocycles. The van der Waals surface area contributed by atoms with E-state index in [1.807, 2.05) is 0 Å². The lowest BCUT2D eigenvalue weighted by atomic mass is 9.91. The molecule has 0 radical (unpaired) electrons. The monoisotopic (exact) mass is 408 g/mol. The van der Waals surface area contributed by atoms with Crippen molar-refractivity contribution in [2.24, 2.45) is 0 Å². The molecule has 0 amide bonds. The van der Waals surface area contributed by atoms with Gasteiger partial charge in [0.05, 0.1) is 5.56 Å². The first kappa shape index (κ1) is 19.6. The zero-order valence-corrected chi connectivity index (χ0v) is 15.8. The molecule has 4 rings (SSSR count). The summed E-state index contributed by atoms with van der Waals surface area (Å²) >= 11 is 0. The summed E-state index contributed by atoms with van der Waals surface area (Å²) in [5.74, 6) is -0.597. The Morgan fingerprint density at radius 1 is 0.900 bits per heavy atom. The number of alkyl halides is 3. The van der Waals surface area contributed by atoms with E-state index in [9.17, 15) is 22.8 Å². The largest absolute Gasteiger partial charge is 0.422 e. The second-order valence-electron chi connectivity index (χ2n) is 6.86. The van der Waals surface area contributed by atoms with Gasteiger partial charge in [-0.1, -0.05) is 54.6 Å². The van der Waals surface area contributed by atoms with Gasteiger partial charge in [-0.2, -0.15) is 13.2 Å². The standard InChI is InChI=1S/C24H15F3O3/c1-14-7-5-6-10-17(14)22(28)21-20(15-8-3-2-4-9-15)18-13-16(24(25,26)27)11-12-19(18)30-23(21)29/h2-13H,1H3. The third-order valence-electron chi connectivity index (χ3n) is 4.91. The van der Waals surface area contributed by atoms with Gasteiger partial charge in [0.25, 0.3) is 0 Å². The summed E-state index contributed by atoms with van der Waals surface area (Å²) in [6.07, 6.45) is -4.58. The molecule has 6 heteroatoms. The van der Waals surface area contributed by atoms with Crippen molar-refractivity contribution in [2.45, 2.75) is 13.1 Å². The molecule has 3 nitrogen and oxygen atoms in total. The summed E-state index contributed by atoms with van der Waals surface area (Å²) in [7, 11) is 0. The third-order valence-corrected chi connectivity index (χ3v) is 4.91. The second kappa shape index (κ2) is 7.30. The van der Waals surface area contributed by atoms with Crippen LogP contribution in [0.5, 0.6) is 0 Å². The molecule has 0 fully saturated rings. The van der Waals surface area contributed by atoms with Crippen molar-refractivity contribution in [2.75, 3.05) is 0 Å². The van der Waals surface area contributed by atoms with E-state index >= 15 is 0 Å². The zero-order chi connectivity index (χ0) is 21.5. The van der Waals surface area contributed by atoms with Gasteiger partial charge < -0.3 is 4.42 Å². The van der Waals surface area contributed by atoms with Crippen molar-refractivity contribution in [3.8, 4) is 11.1 Å². The number of hydrogen-bond donors (Lipinski definition) is 0. The van der Waals surface area contributed by atoms with Crippen molar-refractivity contribution in [3.05, 3.63) is 105 Å². The van der Waals surface area contributed by atoms with Crippen molar-refractivity contribution in [3.63, 3.8) is 0 Å². The van der Waals surface area contributed by atoms with Gasteiger partial charge in [0, 0.05) is 16.5 Å². The number of hydrogen-bond acceptors (Lipinski definition) is 3. The van der Waals surface area contributed by atoms with E-state index in [1.165, 1.54) is 0 Å². The zero-order valence-electron chi connectivity index (χ0n) is 15.8. The number of aryl methyl sites for hydroxylation is 1. The molecule has 0 unspecified atom stereocenters. The Balaban J connectivity index is 2.12. The summed E-state index contributed by atoms with van der Waals surface area (Å²) in [5.41, 5.74) is -0.591. The topological polar surface area (TPSA) is 47.3 Å². The number of benzene rings is 3. The molecule has 0 aliphatic carbocycles. The number of halogens is 3. The van der Waals surface area contributed by atoms with Gasteiger partial charge in [0.15, 0.2) is 0 Å². The van der Waals surface area contributed by atoms with Crippen LogP contribution in [0.3, 0.4) is 0 Å². The third kappa shape index (κ3) is 3.41. The van der Waals surface area contributed by atoms with E-state index in [1.54, 1.807) is 61.5 Å². The minimum atomic E-state index is -4.58. The predicted octanol–water partition coefficient (Wildman–Crippen LogP) is 6.02. The average Bonchev–Trinajstić information content (AvgIpc) is 2.72. The highest BCUT2D eigenvalue weighted by Crippen LogP contribution is 2.36. The second-order valence-corrected chi connectivity index (χ2v) is 6.86. The van der Waals surface area contributed by atoms with Gasteiger partial charge in [-0.05, 0) is 36.2 Å². The number of rotatable bonds is 3. The minimum Gasteiger partial charge on any atom is -0.422 e.